The first kappa shape index (κ1) is 13.8. The van der Waals surface area contributed by atoms with Crippen LogP contribution in [0.1, 0.15) is 23.2 Å². The zero-order valence-corrected chi connectivity index (χ0v) is 11.1. The molecule has 1 aliphatic heterocycles. The van der Waals surface area contributed by atoms with Gasteiger partial charge in [0.15, 0.2) is 0 Å². The third-order valence-electron chi connectivity index (χ3n) is 3.55. The summed E-state index contributed by atoms with van der Waals surface area (Å²) < 4.78 is 10.4. The Morgan fingerprint density at radius 1 is 1.47 bits per heavy atom. The maximum atomic E-state index is 12.3. The van der Waals surface area contributed by atoms with E-state index in [4.69, 9.17) is 15.2 Å². The Morgan fingerprint density at radius 2 is 2.21 bits per heavy atom. The summed E-state index contributed by atoms with van der Waals surface area (Å²) in [5.74, 6) is 0.549. The topological polar surface area (TPSA) is 73.6 Å². The van der Waals surface area contributed by atoms with Gasteiger partial charge < -0.3 is 20.5 Å². The van der Waals surface area contributed by atoms with Crippen molar-refractivity contribution >= 4 is 5.91 Å². The SMILES string of the molecule is COc1cccc(C(=O)NC2(CN)CCOCC2)c1. The lowest BCUT2D eigenvalue weighted by atomic mass is 9.89. The number of rotatable bonds is 4. The van der Waals surface area contributed by atoms with Crippen molar-refractivity contribution < 1.29 is 14.3 Å². The van der Waals surface area contributed by atoms with Gasteiger partial charge in [-0.05, 0) is 31.0 Å². The molecule has 0 bridgehead atoms. The van der Waals surface area contributed by atoms with Crippen LogP contribution >= 0.6 is 0 Å². The maximum Gasteiger partial charge on any atom is 0.251 e. The minimum atomic E-state index is -0.349. The summed E-state index contributed by atoms with van der Waals surface area (Å²) in [7, 11) is 1.58. The van der Waals surface area contributed by atoms with Crippen LogP contribution in [0.4, 0.5) is 0 Å². The summed E-state index contributed by atoms with van der Waals surface area (Å²) >= 11 is 0. The van der Waals surface area contributed by atoms with E-state index in [2.05, 4.69) is 5.32 Å². The van der Waals surface area contributed by atoms with Crippen LogP contribution in [-0.2, 0) is 4.74 Å². The first-order valence-electron chi connectivity index (χ1n) is 6.43. The van der Waals surface area contributed by atoms with Crippen LogP contribution in [0.25, 0.3) is 0 Å². The van der Waals surface area contributed by atoms with Crippen LogP contribution in [0.3, 0.4) is 0 Å². The molecule has 0 aliphatic carbocycles. The second-order valence-corrected chi connectivity index (χ2v) is 4.78. The Balaban J connectivity index is 2.10. The molecule has 0 saturated carbocycles. The molecule has 1 aromatic rings. The van der Waals surface area contributed by atoms with Crippen LogP contribution < -0.4 is 15.8 Å². The molecule has 1 aliphatic rings. The highest BCUT2D eigenvalue weighted by Gasteiger charge is 2.32. The second kappa shape index (κ2) is 6.04. The van der Waals surface area contributed by atoms with Crippen LogP contribution in [0.15, 0.2) is 24.3 Å². The molecular weight excluding hydrogens is 244 g/mol. The Labute approximate surface area is 113 Å². The standard InChI is InChI=1S/C14H20N2O3/c1-18-12-4-2-3-11(9-12)13(17)16-14(10-15)5-7-19-8-6-14/h2-4,9H,5-8,10,15H2,1H3,(H,16,17). The van der Waals surface area contributed by atoms with Gasteiger partial charge in [0.2, 0.25) is 0 Å². The second-order valence-electron chi connectivity index (χ2n) is 4.78. The highest BCUT2D eigenvalue weighted by Crippen LogP contribution is 2.21. The number of nitrogens with two attached hydrogens (primary N) is 1. The minimum Gasteiger partial charge on any atom is -0.497 e. The van der Waals surface area contributed by atoms with E-state index in [0.717, 1.165) is 12.8 Å². The van der Waals surface area contributed by atoms with Crippen molar-refractivity contribution in [1.82, 2.24) is 5.32 Å². The molecule has 19 heavy (non-hydrogen) atoms. The van der Waals surface area contributed by atoms with Gasteiger partial charge in [-0.25, -0.2) is 0 Å². The van der Waals surface area contributed by atoms with E-state index in [0.29, 0.717) is 31.1 Å². The molecular formula is C14H20N2O3. The van der Waals surface area contributed by atoms with Crippen molar-refractivity contribution in [2.45, 2.75) is 18.4 Å². The Bertz CT molecular complexity index is 442. The Kier molecular flexibility index (Phi) is 4.39. The number of hydrogen-bond acceptors (Lipinski definition) is 4. The number of carbonyl (C=O) groups excluding carboxylic acids is 1. The van der Waals surface area contributed by atoms with E-state index in [1.807, 2.05) is 6.07 Å². The van der Waals surface area contributed by atoms with Crippen LogP contribution in [-0.4, -0.2) is 38.3 Å². The number of benzene rings is 1. The predicted octanol–water partition coefficient (Wildman–Crippen LogP) is 0.933. The molecule has 0 aromatic heterocycles. The van der Waals surface area contributed by atoms with Gasteiger partial charge in [0, 0.05) is 25.3 Å². The lowest BCUT2D eigenvalue weighted by molar-refractivity contribution is 0.0388. The van der Waals surface area contributed by atoms with E-state index < -0.39 is 0 Å². The van der Waals surface area contributed by atoms with Crippen LogP contribution in [0.5, 0.6) is 5.75 Å². The monoisotopic (exact) mass is 264 g/mol. The fraction of sp³-hybridized carbons (Fsp3) is 0.500. The zero-order chi connectivity index (χ0) is 13.7. The predicted molar refractivity (Wildman–Crippen MR) is 72.3 cm³/mol. The molecule has 2 rings (SSSR count). The lowest BCUT2D eigenvalue weighted by Gasteiger charge is -2.37. The van der Waals surface area contributed by atoms with Crippen molar-refractivity contribution in [3.63, 3.8) is 0 Å². The van der Waals surface area contributed by atoms with Crippen molar-refractivity contribution in [3.05, 3.63) is 29.8 Å². The smallest absolute Gasteiger partial charge is 0.251 e. The number of amides is 1. The highest BCUT2D eigenvalue weighted by atomic mass is 16.5. The van der Waals surface area contributed by atoms with Gasteiger partial charge in [0.1, 0.15) is 5.75 Å². The van der Waals surface area contributed by atoms with Gasteiger partial charge in [-0.2, -0.15) is 0 Å². The van der Waals surface area contributed by atoms with Crippen LogP contribution in [0.2, 0.25) is 0 Å². The molecule has 1 amide bonds. The van der Waals surface area contributed by atoms with Gasteiger partial charge in [0.25, 0.3) is 5.91 Å². The molecule has 1 heterocycles. The van der Waals surface area contributed by atoms with Gasteiger partial charge in [0.05, 0.1) is 12.6 Å². The minimum absolute atomic E-state index is 0.119. The molecule has 0 radical (unpaired) electrons. The Hall–Kier alpha value is -1.59. The van der Waals surface area contributed by atoms with Crippen molar-refractivity contribution in [1.29, 1.82) is 0 Å². The average molecular weight is 264 g/mol. The molecule has 0 unspecified atom stereocenters. The van der Waals surface area contributed by atoms with E-state index in [1.54, 1.807) is 25.3 Å². The molecule has 5 nitrogen and oxygen atoms in total. The summed E-state index contributed by atoms with van der Waals surface area (Å²) in [6.07, 6.45) is 1.50. The van der Waals surface area contributed by atoms with Crippen molar-refractivity contribution in [3.8, 4) is 5.75 Å². The van der Waals surface area contributed by atoms with Crippen LogP contribution in [0, 0.1) is 0 Å². The van der Waals surface area contributed by atoms with Gasteiger partial charge in [-0.15, -0.1) is 0 Å². The number of ether oxygens (including phenoxy) is 2. The van der Waals surface area contributed by atoms with E-state index in [9.17, 15) is 4.79 Å². The number of methoxy groups -OCH3 is 1. The Morgan fingerprint density at radius 3 is 2.84 bits per heavy atom. The number of nitrogens with one attached hydrogen (secondary N) is 1. The maximum absolute atomic E-state index is 12.3. The molecule has 0 spiro atoms. The fourth-order valence-electron chi connectivity index (χ4n) is 2.22. The summed E-state index contributed by atoms with van der Waals surface area (Å²) in [6.45, 7) is 1.69. The van der Waals surface area contributed by atoms with Crippen molar-refractivity contribution in [2.24, 2.45) is 5.73 Å². The molecule has 3 N–H and O–H groups in total. The molecule has 5 heteroatoms. The van der Waals surface area contributed by atoms with E-state index in [-0.39, 0.29) is 11.4 Å². The normalized spacial score (nSPS) is 17.8. The number of hydrogen-bond donors (Lipinski definition) is 2. The van der Waals surface area contributed by atoms with E-state index >= 15 is 0 Å². The van der Waals surface area contributed by atoms with Gasteiger partial charge in [-0.3, -0.25) is 4.79 Å². The summed E-state index contributed by atoms with van der Waals surface area (Å²) in [5, 5.41) is 3.05. The largest absolute Gasteiger partial charge is 0.497 e. The molecule has 0 atom stereocenters. The summed E-state index contributed by atoms with van der Waals surface area (Å²) in [4.78, 5) is 12.3. The third-order valence-corrected chi connectivity index (χ3v) is 3.55. The molecule has 104 valence electrons. The average Bonchev–Trinajstić information content (AvgIpc) is 2.48. The number of carbonyl (C=O) groups is 1. The summed E-state index contributed by atoms with van der Waals surface area (Å²) in [6, 6.07) is 7.09. The molecule has 1 fully saturated rings. The molecule has 1 saturated heterocycles. The quantitative estimate of drug-likeness (QED) is 0.848. The van der Waals surface area contributed by atoms with Gasteiger partial charge in [-0.1, -0.05) is 6.07 Å². The highest BCUT2D eigenvalue weighted by molar-refractivity contribution is 5.95. The lowest BCUT2D eigenvalue weighted by Crippen LogP contribution is -2.56. The summed E-state index contributed by atoms with van der Waals surface area (Å²) in [5.41, 5.74) is 6.06. The first-order valence-corrected chi connectivity index (χ1v) is 6.43. The third kappa shape index (κ3) is 3.24. The first-order chi connectivity index (χ1) is 9.19. The van der Waals surface area contributed by atoms with Crippen molar-refractivity contribution in [2.75, 3.05) is 26.9 Å². The molecule has 1 aromatic carbocycles. The zero-order valence-electron chi connectivity index (χ0n) is 11.1. The van der Waals surface area contributed by atoms with Gasteiger partial charge >= 0.3 is 0 Å². The van der Waals surface area contributed by atoms with E-state index in [1.165, 1.54) is 0 Å². The fourth-order valence-corrected chi connectivity index (χ4v) is 2.22.